The zero-order valence-electron chi connectivity index (χ0n) is 12.0. The van der Waals surface area contributed by atoms with Crippen molar-refractivity contribution in [1.82, 2.24) is 4.98 Å². The normalized spacial score (nSPS) is 11.6. The number of nitrogens with zero attached hydrogens (tertiary/aromatic N) is 1. The zero-order chi connectivity index (χ0) is 14.5. The first-order valence-electron chi connectivity index (χ1n) is 7.51. The van der Waals surface area contributed by atoms with E-state index in [4.69, 9.17) is 4.98 Å². The van der Waals surface area contributed by atoms with Gasteiger partial charge >= 0.3 is 0 Å². The summed E-state index contributed by atoms with van der Waals surface area (Å²) >= 11 is 0. The molecular formula is C21H13N. The molecule has 22 heavy (non-hydrogen) atoms. The van der Waals surface area contributed by atoms with E-state index in [0.29, 0.717) is 0 Å². The molecule has 0 N–H and O–H groups in total. The second kappa shape index (κ2) is 4.28. The summed E-state index contributed by atoms with van der Waals surface area (Å²) < 4.78 is 0. The number of rotatable bonds is 1. The molecule has 1 aromatic heterocycles. The Morgan fingerprint density at radius 1 is 0.545 bits per heavy atom. The highest BCUT2D eigenvalue weighted by Gasteiger charge is 2.22. The van der Waals surface area contributed by atoms with Crippen LogP contribution in [0.2, 0.25) is 0 Å². The van der Waals surface area contributed by atoms with Crippen LogP contribution in [-0.2, 0) is 0 Å². The Kier molecular flexibility index (Phi) is 2.28. The molecule has 5 rings (SSSR count). The van der Waals surface area contributed by atoms with Gasteiger partial charge in [0.2, 0.25) is 0 Å². The van der Waals surface area contributed by atoms with Crippen molar-refractivity contribution in [3.63, 3.8) is 0 Å². The Balaban J connectivity index is 1.82. The van der Waals surface area contributed by atoms with E-state index in [1.165, 1.54) is 27.5 Å². The van der Waals surface area contributed by atoms with Gasteiger partial charge in [0.1, 0.15) is 0 Å². The molecule has 0 saturated carbocycles. The first kappa shape index (κ1) is 11.7. The number of hydrogen-bond donors (Lipinski definition) is 0. The van der Waals surface area contributed by atoms with Crippen molar-refractivity contribution in [2.24, 2.45) is 0 Å². The molecule has 0 saturated heterocycles. The summed E-state index contributed by atoms with van der Waals surface area (Å²) in [4.78, 5) is 4.96. The summed E-state index contributed by atoms with van der Waals surface area (Å²) in [6, 6.07) is 27.7. The Morgan fingerprint density at radius 3 is 2.14 bits per heavy atom. The van der Waals surface area contributed by atoms with Crippen molar-refractivity contribution in [3.8, 4) is 33.6 Å². The van der Waals surface area contributed by atoms with E-state index >= 15 is 0 Å². The van der Waals surface area contributed by atoms with Crippen molar-refractivity contribution in [2.45, 2.75) is 0 Å². The second-order valence-electron chi connectivity index (χ2n) is 5.67. The summed E-state index contributed by atoms with van der Waals surface area (Å²) in [6.45, 7) is 0. The molecule has 0 spiro atoms. The first-order valence-corrected chi connectivity index (χ1v) is 7.51. The maximum absolute atomic E-state index is 4.96. The highest BCUT2D eigenvalue weighted by atomic mass is 14.7. The van der Waals surface area contributed by atoms with E-state index < -0.39 is 0 Å². The van der Waals surface area contributed by atoms with Crippen LogP contribution in [0, 0.1) is 0 Å². The minimum Gasteiger partial charge on any atom is -0.247 e. The molecular weight excluding hydrogens is 266 g/mol. The fourth-order valence-electron chi connectivity index (χ4n) is 3.41. The van der Waals surface area contributed by atoms with Gasteiger partial charge in [-0.05, 0) is 28.5 Å². The molecule has 0 atom stereocenters. The number of hydrogen-bond acceptors (Lipinski definition) is 1. The monoisotopic (exact) mass is 279 g/mol. The third-order valence-electron chi connectivity index (χ3n) is 4.41. The average Bonchev–Trinajstić information content (AvgIpc) is 2.92. The average molecular weight is 279 g/mol. The summed E-state index contributed by atoms with van der Waals surface area (Å²) in [5.41, 5.74) is 7.09. The number of fused-ring (bicyclic) bond motifs is 3. The highest BCUT2D eigenvalue weighted by molar-refractivity contribution is 6.14. The molecule has 1 aliphatic carbocycles. The van der Waals surface area contributed by atoms with Gasteiger partial charge in [-0.15, -0.1) is 0 Å². The Labute approximate surface area is 128 Å². The van der Waals surface area contributed by atoms with Gasteiger partial charge in [-0.25, -0.2) is 4.98 Å². The molecule has 102 valence electrons. The van der Waals surface area contributed by atoms with Crippen molar-refractivity contribution in [3.05, 3.63) is 78.9 Å². The van der Waals surface area contributed by atoms with Crippen molar-refractivity contribution in [1.29, 1.82) is 0 Å². The minimum atomic E-state index is 1.03. The van der Waals surface area contributed by atoms with Crippen LogP contribution in [0.5, 0.6) is 0 Å². The third kappa shape index (κ3) is 1.51. The van der Waals surface area contributed by atoms with Gasteiger partial charge in [0.15, 0.2) is 0 Å². The molecule has 1 heterocycles. The van der Waals surface area contributed by atoms with Crippen LogP contribution in [0.15, 0.2) is 78.9 Å². The molecule has 4 aromatic rings. The van der Waals surface area contributed by atoms with Crippen LogP contribution < -0.4 is 0 Å². The maximum Gasteiger partial charge on any atom is 0.0794 e. The van der Waals surface area contributed by atoms with Crippen LogP contribution >= 0.6 is 0 Å². The van der Waals surface area contributed by atoms with Crippen LogP contribution in [-0.4, -0.2) is 4.98 Å². The first-order chi connectivity index (χ1) is 10.9. The van der Waals surface area contributed by atoms with Gasteiger partial charge in [-0.3, -0.25) is 0 Å². The number of aromatic nitrogens is 1. The van der Waals surface area contributed by atoms with Crippen LogP contribution in [0.4, 0.5) is 0 Å². The molecule has 0 fully saturated rings. The van der Waals surface area contributed by atoms with E-state index in [1.54, 1.807) is 0 Å². The Bertz CT molecular complexity index is 1010. The van der Waals surface area contributed by atoms with E-state index in [-0.39, 0.29) is 0 Å². The fraction of sp³-hybridized carbons (Fsp3) is 0. The minimum absolute atomic E-state index is 1.03. The fourth-order valence-corrected chi connectivity index (χ4v) is 3.41. The lowest BCUT2D eigenvalue weighted by atomic mass is 10.0. The van der Waals surface area contributed by atoms with Gasteiger partial charge in [0, 0.05) is 16.7 Å². The molecule has 0 aliphatic heterocycles. The SMILES string of the molecule is c1ccc(-c2ccc3c(n2)-c2cccc4cccc-3c24)cc1. The molecule has 0 amide bonds. The summed E-state index contributed by atoms with van der Waals surface area (Å²) in [5.74, 6) is 0. The summed E-state index contributed by atoms with van der Waals surface area (Å²) in [7, 11) is 0. The topological polar surface area (TPSA) is 12.9 Å². The van der Waals surface area contributed by atoms with E-state index in [1.807, 2.05) is 6.07 Å². The highest BCUT2D eigenvalue weighted by Crippen LogP contribution is 2.46. The van der Waals surface area contributed by atoms with Crippen LogP contribution in [0.25, 0.3) is 44.4 Å². The molecule has 1 aliphatic rings. The summed E-state index contributed by atoms with van der Waals surface area (Å²) in [6.07, 6.45) is 0. The molecule has 1 nitrogen and oxygen atoms in total. The van der Waals surface area contributed by atoms with E-state index in [0.717, 1.165) is 17.0 Å². The number of pyridine rings is 1. The lowest BCUT2D eigenvalue weighted by Gasteiger charge is -2.05. The van der Waals surface area contributed by atoms with Gasteiger partial charge in [-0.1, -0.05) is 66.7 Å². The van der Waals surface area contributed by atoms with Crippen LogP contribution in [0.3, 0.4) is 0 Å². The third-order valence-corrected chi connectivity index (χ3v) is 4.41. The standard InChI is InChI=1S/C21H13N/c1-2-6-14(7-3-1)19-13-12-17-16-10-4-8-15-9-5-11-18(20(15)16)21(17)22-19/h1-13H. The lowest BCUT2D eigenvalue weighted by molar-refractivity contribution is 1.34. The molecule has 3 aromatic carbocycles. The van der Waals surface area contributed by atoms with E-state index in [9.17, 15) is 0 Å². The van der Waals surface area contributed by atoms with E-state index in [2.05, 4.69) is 72.8 Å². The largest absolute Gasteiger partial charge is 0.247 e. The van der Waals surface area contributed by atoms with Gasteiger partial charge < -0.3 is 0 Å². The van der Waals surface area contributed by atoms with Crippen molar-refractivity contribution < 1.29 is 0 Å². The molecule has 0 unspecified atom stereocenters. The quantitative estimate of drug-likeness (QED) is 0.392. The molecule has 0 bridgehead atoms. The Hall–Kier alpha value is -2.93. The van der Waals surface area contributed by atoms with Crippen LogP contribution in [0.1, 0.15) is 0 Å². The smallest absolute Gasteiger partial charge is 0.0794 e. The van der Waals surface area contributed by atoms with Gasteiger partial charge in [-0.2, -0.15) is 0 Å². The number of benzene rings is 3. The Morgan fingerprint density at radius 2 is 1.32 bits per heavy atom. The van der Waals surface area contributed by atoms with Crippen molar-refractivity contribution in [2.75, 3.05) is 0 Å². The predicted molar refractivity (Wildman–Crippen MR) is 91.6 cm³/mol. The lowest BCUT2D eigenvalue weighted by Crippen LogP contribution is -1.87. The summed E-state index contributed by atoms with van der Waals surface area (Å²) in [5, 5.41) is 2.62. The van der Waals surface area contributed by atoms with Crippen molar-refractivity contribution >= 4 is 10.8 Å². The molecule has 0 radical (unpaired) electrons. The maximum atomic E-state index is 4.96. The van der Waals surface area contributed by atoms with Gasteiger partial charge in [0.05, 0.1) is 11.4 Å². The molecule has 1 heteroatoms. The predicted octanol–water partition coefficient (Wildman–Crippen LogP) is 5.55. The zero-order valence-corrected chi connectivity index (χ0v) is 12.0. The van der Waals surface area contributed by atoms with Gasteiger partial charge in [0.25, 0.3) is 0 Å². The second-order valence-corrected chi connectivity index (χ2v) is 5.67.